The maximum atomic E-state index is 12.6. The number of benzene rings is 1. The van der Waals surface area contributed by atoms with Crippen molar-refractivity contribution in [3.05, 3.63) is 60.1 Å². The topological polar surface area (TPSA) is 36.7 Å². The molecule has 1 aliphatic rings. The van der Waals surface area contributed by atoms with Crippen molar-refractivity contribution in [3.63, 3.8) is 0 Å². The second-order valence-corrected chi connectivity index (χ2v) is 7.11. The van der Waals surface area contributed by atoms with Crippen molar-refractivity contribution in [1.82, 2.24) is 9.80 Å². The molecule has 1 saturated heterocycles. The highest BCUT2D eigenvalue weighted by molar-refractivity contribution is 5.92. The molecule has 1 aromatic heterocycles. The Morgan fingerprint density at radius 3 is 2.58 bits per heavy atom. The Bertz CT molecular complexity index is 650. The van der Waals surface area contributed by atoms with Crippen LogP contribution >= 0.6 is 0 Å². The molecule has 0 radical (unpaired) electrons. The van der Waals surface area contributed by atoms with Gasteiger partial charge in [0.2, 0.25) is 0 Å². The summed E-state index contributed by atoms with van der Waals surface area (Å²) in [6.45, 7) is 7.91. The number of carbonyl (C=O) groups is 1. The van der Waals surface area contributed by atoms with Crippen LogP contribution in [0.15, 0.2) is 53.1 Å². The molecule has 0 N–H and O–H groups in total. The first kappa shape index (κ1) is 16.8. The summed E-state index contributed by atoms with van der Waals surface area (Å²) in [7, 11) is 0. The largest absolute Gasteiger partial charge is 0.459 e. The number of aryl methyl sites for hydroxylation is 1. The molecule has 2 heterocycles. The molecule has 1 aliphatic heterocycles. The lowest BCUT2D eigenvalue weighted by molar-refractivity contribution is 0.0155. The number of furan rings is 1. The molecule has 24 heavy (non-hydrogen) atoms. The van der Waals surface area contributed by atoms with Crippen molar-refractivity contribution < 1.29 is 9.21 Å². The molecule has 1 fully saturated rings. The first-order chi connectivity index (χ1) is 11.6. The highest BCUT2D eigenvalue weighted by Gasteiger charge is 2.37. The van der Waals surface area contributed by atoms with Gasteiger partial charge in [0.25, 0.3) is 5.91 Å². The van der Waals surface area contributed by atoms with E-state index in [2.05, 4.69) is 49.1 Å². The zero-order valence-electron chi connectivity index (χ0n) is 14.6. The van der Waals surface area contributed by atoms with E-state index >= 15 is 0 Å². The molecule has 4 nitrogen and oxygen atoms in total. The molecule has 0 spiro atoms. The van der Waals surface area contributed by atoms with Crippen LogP contribution < -0.4 is 0 Å². The van der Waals surface area contributed by atoms with Gasteiger partial charge >= 0.3 is 0 Å². The maximum Gasteiger partial charge on any atom is 0.290 e. The van der Waals surface area contributed by atoms with E-state index in [1.807, 2.05) is 4.90 Å². The minimum absolute atomic E-state index is 0.00562. The lowest BCUT2D eigenvalue weighted by atomic mass is 9.97. The first-order valence-corrected chi connectivity index (χ1v) is 8.68. The van der Waals surface area contributed by atoms with Crippen molar-refractivity contribution in [2.75, 3.05) is 26.2 Å². The van der Waals surface area contributed by atoms with E-state index in [0.717, 1.165) is 39.0 Å². The van der Waals surface area contributed by atoms with E-state index in [4.69, 9.17) is 4.42 Å². The van der Waals surface area contributed by atoms with E-state index in [-0.39, 0.29) is 11.4 Å². The highest BCUT2D eigenvalue weighted by atomic mass is 16.3. The van der Waals surface area contributed by atoms with Gasteiger partial charge in [0.05, 0.1) is 11.8 Å². The summed E-state index contributed by atoms with van der Waals surface area (Å²) in [5.74, 6) is 0.425. The van der Waals surface area contributed by atoms with Gasteiger partial charge in [0.1, 0.15) is 0 Å². The summed E-state index contributed by atoms with van der Waals surface area (Å²) in [6.07, 6.45) is 3.80. The van der Waals surface area contributed by atoms with Crippen LogP contribution in [0.4, 0.5) is 0 Å². The van der Waals surface area contributed by atoms with Gasteiger partial charge in [-0.15, -0.1) is 0 Å². The molecule has 0 saturated carbocycles. The van der Waals surface area contributed by atoms with Gasteiger partial charge in [0, 0.05) is 19.6 Å². The van der Waals surface area contributed by atoms with Gasteiger partial charge in [-0.1, -0.05) is 30.3 Å². The summed E-state index contributed by atoms with van der Waals surface area (Å²) in [6, 6.07) is 14.1. The summed E-state index contributed by atoms with van der Waals surface area (Å²) in [5, 5.41) is 0. The van der Waals surface area contributed by atoms with Gasteiger partial charge in [0.15, 0.2) is 5.76 Å². The van der Waals surface area contributed by atoms with E-state index in [1.54, 1.807) is 18.4 Å². The van der Waals surface area contributed by atoms with Gasteiger partial charge in [-0.25, -0.2) is 0 Å². The molecule has 0 aliphatic carbocycles. The first-order valence-electron chi connectivity index (χ1n) is 8.68. The number of nitrogens with zero attached hydrogens (tertiary/aromatic N) is 2. The Morgan fingerprint density at radius 1 is 1.12 bits per heavy atom. The lowest BCUT2D eigenvalue weighted by Gasteiger charge is -2.47. The van der Waals surface area contributed by atoms with Gasteiger partial charge < -0.3 is 9.32 Å². The molecule has 1 aromatic carbocycles. The second-order valence-electron chi connectivity index (χ2n) is 7.11. The summed E-state index contributed by atoms with van der Waals surface area (Å²) >= 11 is 0. The van der Waals surface area contributed by atoms with Gasteiger partial charge in [-0.05, 0) is 50.9 Å². The zero-order valence-corrected chi connectivity index (χ0v) is 14.6. The normalized spacial score (nSPS) is 17.8. The van der Waals surface area contributed by atoms with E-state index in [0.29, 0.717) is 5.76 Å². The van der Waals surface area contributed by atoms with Crippen molar-refractivity contribution in [2.24, 2.45) is 0 Å². The fourth-order valence-electron chi connectivity index (χ4n) is 3.51. The standard InChI is InChI=1S/C20H26N2O2/c1-20(2)16-21(12-6-10-17-8-4-3-5-9-17)13-14-22(20)19(23)18-11-7-15-24-18/h3-5,7-9,11,15H,6,10,12-14,16H2,1-2H3. The Morgan fingerprint density at radius 2 is 1.92 bits per heavy atom. The molecule has 3 rings (SSSR count). The Hall–Kier alpha value is -2.07. The maximum absolute atomic E-state index is 12.6. The Labute approximate surface area is 144 Å². The van der Waals surface area contributed by atoms with Gasteiger partial charge in [-0.3, -0.25) is 9.69 Å². The molecular weight excluding hydrogens is 300 g/mol. The molecule has 2 aromatic rings. The fourth-order valence-corrected chi connectivity index (χ4v) is 3.51. The second kappa shape index (κ2) is 7.22. The van der Waals surface area contributed by atoms with Crippen molar-refractivity contribution >= 4 is 5.91 Å². The Kier molecular flexibility index (Phi) is 5.05. The number of amides is 1. The predicted octanol–water partition coefficient (Wildman–Crippen LogP) is 3.45. The monoisotopic (exact) mass is 326 g/mol. The third-order valence-electron chi connectivity index (χ3n) is 4.74. The van der Waals surface area contributed by atoms with Crippen molar-refractivity contribution in [1.29, 1.82) is 0 Å². The number of piperazine rings is 1. The number of hydrogen-bond acceptors (Lipinski definition) is 3. The highest BCUT2D eigenvalue weighted by Crippen LogP contribution is 2.23. The van der Waals surface area contributed by atoms with Crippen LogP contribution in [0, 0.1) is 0 Å². The molecule has 0 unspecified atom stereocenters. The zero-order chi connectivity index (χ0) is 17.0. The molecular formula is C20H26N2O2. The molecule has 128 valence electrons. The van der Waals surface area contributed by atoms with E-state index < -0.39 is 0 Å². The third-order valence-corrected chi connectivity index (χ3v) is 4.74. The molecule has 0 bridgehead atoms. The summed E-state index contributed by atoms with van der Waals surface area (Å²) in [5.41, 5.74) is 1.21. The SMILES string of the molecule is CC1(C)CN(CCCc2ccccc2)CCN1C(=O)c1ccco1. The van der Waals surface area contributed by atoms with Gasteiger partial charge in [-0.2, -0.15) is 0 Å². The van der Waals surface area contributed by atoms with E-state index in [9.17, 15) is 4.79 Å². The van der Waals surface area contributed by atoms with Crippen LogP contribution in [-0.2, 0) is 6.42 Å². The smallest absolute Gasteiger partial charge is 0.290 e. The molecule has 0 atom stereocenters. The van der Waals surface area contributed by atoms with Crippen molar-refractivity contribution in [2.45, 2.75) is 32.2 Å². The third kappa shape index (κ3) is 3.88. The number of rotatable bonds is 5. The average molecular weight is 326 g/mol. The number of carbonyl (C=O) groups excluding carboxylic acids is 1. The van der Waals surface area contributed by atoms with Crippen molar-refractivity contribution in [3.8, 4) is 0 Å². The van der Waals surface area contributed by atoms with Crippen LogP contribution in [0.2, 0.25) is 0 Å². The minimum Gasteiger partial charge on any atom is -0.459 e. The minimum atomic E-state index is -0.186. The summed E-state index contributed by atoms with van der Waals surface area (Å²) < 4.78 is 5.28. The number of hydrogen-bond donors (Lipinski definition) is 0. The van der Waals surface area contributed by atoms with Crippen LogP contribution in [-0.4, -0.2) is 47.4 Å². The average Bonchev–Trinajstić information content (AvgIpc) is 3.09. The fraction of sp³-hybridized carbons (Fsp3) is 0.450. The predicted molar refractivity (Wildman–Crippen MR) is 95.0 cm³/mol. The van der Waals surface area contributed by atoms with Crippen LogP contribution in [0.1, 0.15) is 36.4 Å². The quantitative estimate of drug-likeness (QED) is 0.844. The summed E-state index contributed by atoms with van der Waals surface area (Å²) in [4.78, 5) is 17.0. The Balaban J connectivity index is 1.52. The lowest BCUT2D eigenvalue weighted by Crippen LogP contribution is -2.61. The van der Waals surface area contributed by atoms with E-state index in [1.165, 1.54) is 5.56 Å². The van der Waals surface area contributed by atoms with Crippen LogP contribution in [0.3, 0.4) is 0 Å². The van der Waals surface area contributed by atoms with Crippen LogP contribution in [0.25, 0.3) is 0 Å². The molecule has 1 amide bonds. The van der Waals surface area contributed by atoms with Crippen LogP contribution in [0.5, 0.6) is 0 Å². The molecule has 4 heteroatoms.